The highest BCUT2D eigenvalue weighted by Crippen LogP contribution is 2.51. The van der Waals surface area contributed by atoms with Gasteiger partial charge in [0.1, 0.15) is 18.0 Å². The van der Waals surface area contributed by atoms with Crippen LogP contribution in [0, 0.1) is 11.8 Å². The van der Waals surface area contributed by atoms with Crippen LogP contribution in [0.1, 0.15) is 70.9 Å². The van der Waals surface area contributed by atoms with Crippen LogP contribution in [0.2, 0.25) is 0 Å². The first kappa shape index (κ1) is 33.2. The zero-order chi connectivity index (χ0) is 33.6. The first-order valence-electron chi connectivity index (χ1n) is 15.4. The number of carbonyl (C=O) groups is 2. The van der Waals surface area contributed by atoms with E-state index in [-0.39, 0.29) is 42.3 Å². The Labute approximate surface area is 269 Å². The summed E-state index contributed by atoms with van der Waals surface area (Å²) in [5.41, 5.74) is 12.8. The number of sulfonamides is 1. The number of nitrogens with two attached hydrogens (primary N) is 2. The minimum absolute atomic E-state index is 0.0156. The van der Waals surface area contributed by atoms with Crippen LogP contribution < -0.4 is 16.2 Å². The van der Waals surface area contributed by atoms with E-state index >= 15 is 0 Å². The highest BCUT2D eigenvalue weighted by Gasteiger charge is 2.54. The fraction of sp³-hybridized carbons (Fsp3) is 0.441. The van der Waals surface area contributed by atoms with Crippen LogP contribution in [-0.4, -0.2) is 55.7 Å². The average Bonchev–Trinajstić information content (AvgIpc) is 3.50. The van der Waals surface area contributed by atoms with Gasteiger partial charge in [0.25, 0.3) is 0 Å². The van der Waals surface area contributed by atoms with Crippen molar-refractivity contribution in [1.29, 1.82) is 0 Å². The van der Waals surface area contributed by atoms with Crippen molar-refractivity contribution in [1.82, 2.24) is 4.72 Å². The molecule has 1 saturated heterocycles. The van der Waals surface area contributed by atoms with Crippen LogP contribution in [-0.2, 0) is 29.1 Å². The molecule has 11 nitrogen and oxygen atoms in total. The maximum absolute atomic E-state index is 14.3. The highest BCUT2D eigenvalue weighted by molar-refractivity contribution is 7.93. The summed E-state index contributed by atoms with van der Waals surface area (Å²) >= 11 is 0. The van der Waals surface area contributed by atoms with Crippen LogP contribution in [0.4, 0.5) is 0 Å². The van der Waals surface area contributed by atoms with Crippen LogP contribution in [0.5, 0.6) is 0 Å². The minimum Gasteiger partial charge on any atom is -0.492 e. The van der Waals surface area contributed by atoms with Gasteiger partial charge in [0.05, 0.1) is 4.91 Å². The van der Waals surface area contributed by atoms with Gasteiger partial charge in [-0.25, -0.2) is 18.0 Å². The Morgan fingerprint density at radius 3 is 2.22 bits per heavy atom. The summed E-state index contributed by atoms with van der Waals surface area (Å²) < 4.78 is 42.9. The lowest BCUT2D eigenvalue weighted by Gasteiger charge is -2.34. The third-order valence-electron chi connectivity index (χ3n) is 9.41. The lowest BCUT2D eigenvalue weighted by atomic mass is 9.79. The first-order valence-corrected chi connectivity index (χ1v) is 16.9. The lowest BCUT2D eigenvalue weighted by Crippen LogP contribution is -2.61. The molecule has 0 spiro atoms. The molecule has 0 saturated carbocycles. The number of hydrogen-bond donors (Lipinski definition) is 4. The molecule has 0 aromatic heterocycles. The summed E-state index contributed by atoms with van der Waals surface area (Å²) in [7, 11) is -4.55. The second-order valence-corrected chi connectivity index (χ2v) is 14.6. The molecule has 6 N–H and O–H groups in total. The predicted molar refractivity (Wildman–Crippen MR) is 175 cm³/mol. The smallest absolute Gasteiger partial charge is 0.339 e. The zero-order valence-electron chi connectivity index (χ0n) is 26.8. The van der Waals surface area contributed by atoms with Crippen LogP contribution in [0.25, 0.3) is 11.1 Å². The predicted octanol–water partition coefficient (Wildman–Crippen LogP) is 4.15. The van der Waals surface area contributed by atoms with Crippen molar-refractivity contribution in [2.45, 2.75) is 70.9 Å². The number of fused-ring (bicyclic) bond motifs is 4. The monoisotopic (exact) mass is 650 g/mol. The van der Waals surface area contributed by atoms with Gasteiger partial charge in [0, 0.05) is 24.3 Å². The maximum atomic E-state index is 14.3. The Morgan fingerprint density at radius 1 is 1.07 bits per heavy atom. The molecule has 5 rings (SSSR count). The second-order valence-electron chi connectivity index (χ2n) is 13.0. The fourth-order valence-corrected chi connectivity index (χ4v) is 9.18. The van der Waals surface area contributed by atoms with E-state index in [9.17, 15) is 23.1 Å². The number of aliphatic imine (C=N–C) groups is 1. The Bertz CT molecular complexity index is 1730. The van der Waals surface area contributed by atoms with Crippen LogP contribution >= 0.6 is 0 Å². The fourth-order valence-electron chi connectivity index (χ4n) is 7.13. The number of carboxylic acid groups (broad SMARTS) is 1. The van der Waals surface area contributed by atoms with Crippen molar-refractivity contribution in [2.24, 2.45) is 28.3 Å². The summed E-state index contributed by atoms with van der Waals surface area (Å²) in [6.07, 6.45) is 0.121. The van der Waals surface area contributed by atoms with Gasteiger partial charge in [-0.3, -0.25) is 4.99 Å². The molecule has 0 bridgehead atoms. The van der Waals surface area contributed by atoms with Gasteiger partial charge in [-0.1, -0.05) is 55.5 Å². The summed E-state index contributed by atoms with van der Waals surface area (Å²) in [6.45, 7) is 8.95. The molecule has 1 heterocycles. The number of ether oxygens (including phenoxy) is 2. The molecule has 246 valence electrons. The lowest BCUT2D eigenvalue weighted by molar-refractivity contribution is -0.162. The number of aliphatic carboxylic acids is 1. The summed E-state index contributed by atoms with van der Waals surface area (Å²) in [4.78, 5) is 31.0. The number of nitrogens with one attached hydrogen (secondary N) is 1. The molecule has 2 aliphatic carbocycles. The van der Waals surface area contributed by atoms with E-state index in [4.69, 9.17) is 20.9 Å². The summed E-state index contributed by atoms with van der Waals surface area (Å²) in [5.74, 6) is -3.48. The maximum Gasteiger partial charge on any atom is 0.339 e. The number of carbonyl (C=O) groups excluding carboxylic acids is 1. The Hall–Kier alpha value is -4.16. The average molecular weight is 651 g/mol. The van der Waals surface area contributed by atoms with Crippen molar-refractivity contribution in [3.8, 4) is 11.1 Å². The number of rotatable bonds is 11. The molecule has 2 unspecified atom stereocenters. The molecular weight excluding hydrogens is 608 g/mol. The van der Waals surface area contributed by atoms with Crippen LogP contribution in [0.3, 0.4) is 0 Å². The molecule has 1 aliphatic heterocycles. The van der Waals surface area contributed by atoms with E-state index in [2.05, 4.69) is 9.71 Å². The number of nitrogens with zero attached hydrogens (tertiary/aromatic N) is 1. The van der Waals surface area contributed by atoms with Gasteiger partial charge in [0.2, 0.25) is 15.6 Å². The molecule has 12 heteroatoms. The number of benzene rings is 2. The van der Waals surface area contributed by atoms with E-state index in [0.717, 1.165) is 28.0 Å². The van der Waals surface area contributed by atoms with Gasteiger partial charge < -0.3 is 26.0 Å². The Kier molecular flexibility index (Phi) is 8.82. The second kappa shape index (κ2) is 12.2. The Morgan fingerprint density at radius 2 is 1.65 bits per heavy atom. The topological polar surface area (TPSA) is 183 Å². The van der Waals surface area contributed by atoms with E-state index in [1.807, 2.05) is 62.4 Å². The van der Waals surface area contributed by atoms with Gasteiger partial charge in [-0.2, -0.15) is 4.72 Å². The Balaban J connectivity index is 1.49. The SMILES string of the molecule is CC1=C2OC(C)(C)CC2C(C)C(S(=O)(=O)N[C@@](CCCN=C(N)N)(C(=O)O)C(=O)OCC2c3ccccc3-c3ccccc32)=C1C. The molecule has 3 aliphatic rings. The minimum atomic E-state index is -4.55. The quantitative estimate of drug-likeness (QED) is 0.0912. The third kappa shape index (κ3) is 5.91. The van der Waals surface area contributed by atoms with Gasteiger partial charge in [-0.05, 0) is 80.4 Å². The van der Waals surface area contributed by atoms with Gasteiger partial charge in [0.15, 0.2) is 5.96 Å². The highest BCUT2D eigenvalue weighted by atomic mass is 32.2. The van der Waals surface area contributed by atoms with Gasteiger partial charge >= 0.3 is 11.9 Å². The number of carboxylic acids is 1. The third-order valence-corrected chi connectivity index (χ3v) is 11.3. The number of guanidine groups is 1. The normalized spacial score (nSPS) is 21.5. The van der Waals surface area contributed by atoms with E-state index < -0.39 is 45.4 Å². The summed E-state index contributed by atoms with van der Waals surface area (Å²) in [5, 5.41) is 10.6. The largest absolute Gasteiger partial charge is 0.492 e. The molecule has 46 heavy (non-hydrogen) atoms. The molecule has 1 fully saturated rings. The standard InChI is InChI=1S/C34H42N4O7S/c1-19-20(2)29(21(3)26-17-33(4,5)45-28(19)26)46(42,43)38-34(30(39)40,15-10-16-37-32(35)36)31(41)44-18-27-24-13-8-6-11-22(24)23-12-7-9-14-25(23)27/h6-9,11-14,21,26-27,38H,10,15-18H2,1-5H3,(H,39,40)(H4,35,36,37)/t21?,26?,34-/m0/s1. The zero-order valence-corrected chi connectivity index (χ0v) is 27.6. The van der Waals surface area contributed by atoms with E-state index in [1.165, 1.54) is 0 Å². The van der Waals surface area contributed by atoms with Crippen LogP contribution in [0.15, 0.2) is 75.3 Å². The first-order chi connectivity index (χ1) is 21.6. The van der Waals surface area contributed by atoms with Crippen molar-refractivity contribution >= 4 is 27.9 Å². The van der Waals surface area contributed by atoms with Crippen molar-refractivity contribution in [2.75, 3.05) is 13.2 Å². The van der Waals surface area contributed by atoms with Crippen molar-refractivity contribution < 1.29 is 32.6 Å². The molecule has 0 radical (unpaired) electrons. The molecular formula is C34H42N4O7S. The molecule has 2 aromatic carbocycles. The van der Waals surface area contributed by atoms with E-state index in [1.54, 1.807) is 20.8 Å². The molecule has 3 atom stereocenters. The number of allylic oxidation sites excluding steroid dienone is 4. The number of hydrogen-bond acceptors (Lipinski definition) is 7. The van der Waals surface area contributed by atoms with Crippen molar-refractivity contribution in [3.05, 3.63) is 81.5 Å². The van der Waals surface area contributed by atoms with Crippen molar-refractivity contribution in [3.63, 3.8) is 0 Å². The summed E-state index contributed by atoms with van der Waals surface area (Å²) in [6, 6.07) is 15.5. The molecule has 0 amide bonds. The molecule has 2 aromatic rings. The van der Waals surface area contributed by atoms with E-state index in [0.29, 0.717) is 17.6 Å². The van der Waals surface area contributed by atoms with Gasteiger partial charge in [-0.15, -0.1) is 0 Å². The number of esters is 1.